The summed E-state index contributed by atoms with van der Waals surface area (Å²) >= 11 is 0. The van der Waals surface area contributed by atoms with Gasteiger partial charge in [-0.05, 0) is 73.9 Å². The summed E-state index contributed by atoms with van der Waals surface area (Å²) in [4.78, 5) is 0. The summed E-state index contributed by atoms with van der Waals surface area (Å²) in [5.41, 5.74) is 8.56. The van der Waals surface area contributed by atoms with Gasteiger partial charge in [-0.15, -0.1) is 0 Å². The maximum absolute atomic E-state index is 8.89. The number of benzene rings is 3. The lowest BCUT2D eigenvalue weighted by Gasteiger charge is -2.14. The van der Waals surface area contributed by atoms with Gasteiger partial charge in [0.1, 0.15) is 7.05 Å². The zero-order valence-electron chi connectivity index (χ0n) is 22.0. The number of fused-ring (bicyclic) bond motifs is 4. The molecule has 0 fully saturated rings. The van der Waals surface area contributed by atoms with Gasteiger partial charge in [0, 0.05) is 35.3 Å². The quantitative estimate of drug-likeness (QED) is 0.254. The van der Waals surface area contributed by atoms with Crippen molar-refractivity contribution in [2.75, 3.05) is 0 Å². The molecule has 3 aromatic carbocycles. The lowest BCUT2D eigenvalue weighted by molar-refractivity contribution is -0.665. The number of rotatable bonds is 4. The van der Waals surface area contributed by atoms with Gasteiger partial charge in [0.25, 0.3) is 0 Å². The highest BCUT2D eigenvalue weighted by Gasteiger charge is 2.22. The van der Waals surface area contributed by atoms with Crippen LogP contribution >= 0.6 is 0 Å². The predicted molar refractivity (Wildman–Crippen MR) is 142 cm³/mol. The summed E-state index contributed by atoms with van der Waals surface area (Å²) in [6, 6.07) is 21.2. The Morgan fingerprint density at radius 1 is 0.879 bits per heavy atom. The maximum atomic E-state index is 8.89. The number of aryl methyl sites for hydroxylation is 1. The van der Waals surface area contributed by atoms with Crippen LogP contribution in [0.5, 0.6) is 0 Å². The van der Waals surface area contributed by atoms with Crippen LogP contribution in [-0.4, -0.2) is 4.57 Å². The predicted octanol–water partition coefficient (Wildman–Crippen LogP) is 7.84. The molecule has 0 aliphatic rings. The van der Waals surface area contributed by atoms with E-state index in [-0.39, 0.29) is 0 Å². The van der Waals surface area contributed by atoms with E-state index in [1.165, 1.54) is 44.2 Å². The number of hydrogen-bond donors (Lipinski definition) is 0. The fraction of sp³-hybridized carbons (Fsp3) is 0.323. The van der Waals surface area contributed by atoms with E-state index in [0.717, 1.165) is 22.9 Å². The number of hydrogen-bond acceptors (Lipinski definition) is 0. The number of aromatic nitrogens is 2. The smallest absolute Gasteiger partial charge is 0.220 e. The monoisotopic (exact) mass is 436 g/mol. The minimum absolute atomic E-state index is 0.361. The molecule has 2 aromatic heterocycles. The van der Waals surface area contributed by atoms with E-state index >= 15 is 0 Å². The molecule has 5 aromatic rings. The normalized spacial score (nSPS) is 12.6. The van der Waals surface area contributed by atoms with Gasteiger partial charge in [-0.3, -0.25) is 0 Å². The number of nitrogens with zero attached hydrogens (tertiary/aromatic N) is 2. The van der Waals surface area contributed by atoms with Gasteiger partial charge in [0.15, 0.2) is 5.69 Å². The van der Waals surface area contributed by atoms with Crippen molar-refractivity contribution in [2.24, 2.45) is 13.0 Å². The van der Waals surface area contributed by atoms with Gasteiger partial charge in [0.2, 0.25) is 5.69 Å². The van der Waals surface area contributed by atoms with Crippen molar-refractivity contribution in [3.63, 3.8) is 0 Å². The van der Waals surface area contributed by atoms with Crippen LogP contribution in [0, 0.1) is 19.8 Å². The first-order valence-corrected chi connectivity index (χ1v) is 12.1. The Morgan fingerprint density at radius 2 is 1.64 bits per heavy atom. The molecule has 0 radical (unpaired) electrons. The second kappa shape index (κ2) is 8.02. The Bertz CT molecular complexity index is 1570. The van der Waals surface area contributed by atoms with Crippen molar-refractivity contribution in [3.05, 3.63) is 77.5 Å². The Labute approximate surface area is 198 Å². The Kier molecular flexibility index (Phi) is 4.98. The minimum atomic E-state index is 0.361. The summed E-state index contributed by atoms with van der Waals surface area (Å²) in [7, 11) is 2.10. The molecule has 0 saturated carbocycles. The molecule has 0 unspecified atom stereocenters. The highest BCUT2D eigenvalue weighted by molar-refractivity contribution is 6.10. The second-order valence-electron chi connectivity index (χ2n) is 10.3. The summed E-state index contributed by atoms with van der Waals surface area (Å²) < 4.78 is 13.6. The van der Waals surface area contributed by atoms with Crippen molar-refractivity contribution < 1.29 is 5.94 Å². The largest absolute Gasteiger partial charge is 0.338 e. The van der Waals surface area contributed by atoms with Crippen LogP contribution in [-0.2, 0) is 13.5 Å². The molecule has 0 aliphatic carbocycles. The number of para-hydroxylation sites is 1. The van der Waals surface area contributed by atoms with E-state index in [9.17, 15) is 0 Å². The lowest BCUT2D eigenvalue weighted by atomic mass is 9.94. The zero-order valence-corrected chi connectivity index (χ0v) is 21.0. The van der Waals surface area contributed by atoms with Crippen LogP contribution in [0.15, 0.2) is 60.6 Å². The molecule has 5 rings (SSSR count). The molecule has 0 aliphatic heterocycles. The molecule has 168 valence electrons. The second-order valence-corrected chi connectivity index (χ2v) is 10.3. The van der Waals surface area contributed by atoms with Gasteiger partial charge in [0.05, 0.1) is 17.8 Å². The van der Waals surface area contributed by atoms with E-state index in [4.69, 9.17) is 1.37 Å². The van der Waals surface area contributed by atoms with Crippen molar-refractivity contribution in [1.29, 1.82) is 0 Å². The first kappa shape index (κ1) is 20.5. The third kappa shape index (κ3) is 3.53. The Morgan fingerprint density at radius 3 is 2.36 bits per heavy atom. The Hall–Kier alpha value is -3.13. The van der Waals surface area contributed by atoms with E-state index < -0.39 is 0 Å². The molecule has 33 heavy (non-hydrogen) atoms. The van der Waals surface area contributed by atoms with E-state index in [1.54, 1.807) is 0 Å². The molecule has 0 atom stereocenters. The van der Waals surface area contributed by atoms with Crippen LogP contribution < -0.4 is 4.57 Å². The van der Waals surface area contributed by atoms with Gasteiger partial charge in [-0.25, -0.2) is 0 Å². The van der Waals surface area contributed by atoms with Crippen molar-refractivity contribution in [2.45, 2.75) is 54.0 Å². The molecule has 0 spiro atoms. The Balaban J connectivity index is 1.87. The average molecular weight is 437 g/mol. The highest BCUT2D eigenvalue weighted by Crippen LogP contribution is 2.37. The minimum Gasteiger partial charge on any atom is -0.338 e. The molecule has 0 saturated heterocycles. The molecule has 2 heterocycles. The third-order valence-electron chi connectivity index (χ3n) is 6.96. The molecule has 0 bridgehead atoms. The molecule has 2 heteroatoms. The van der Waals surface area contributed by atoms with E-state index in [1.807, 2.05) is 0 Å². The number of pyridine rings is 1. The van der Waals surface area contributed by atoms with Crippen molar-refractivity contribution in [3.8, 4) is 11.3 Å². The summed E-state index contributed by atoms with van der Waals surface area (Å²) in [5, 5.41) is 4.82. The van der Waals surface area contributed by atoms with Crippen molar-refractivity contribution >= 4 is 32.6 Å². The van der Waals surface area contributed by atoms with Crippen LogP contribution in [0.2, 0.25) is 0 Å². The summed E-state index contributed by atoms with van der Waals surface area (Å²) in [5.74, 6) is 0.592. The SMILES string of the molecule is [2H]c1c(C)[n+](C)c(-c2cc3c(cc2C)c2ccccc2n3C(C)C)c2ccc(CC(C)C)cc12. The van der Waals surface area contributed by atoms with Gasteiger partial charge >= 0.3 is 0 Å². The average Bonchev–Trinajstić information content (AvgIpc) is 3.11. The van der Waals surface area contributed by atoms with E-state index in [0.29, 0.717) is 18.0 Å². The fourth-order valence-electron chi connectivity index (χ4n) is 5.42. The first-order chi connectivity index (χ1) is 16.2. The lowest BCUT2D eigenvalue weighted by Crippen LogP contribution is -2.35. The van der Waals surface area contributed by atoms with Crippen LogP contribution in [0.1, 0.15) is 51.9 Å². The fourth-order valence-corrected chi connectivity index (χ4v) is 5.42. The van der Waals surface area contributed by atoms with Crippen LogP contribution in [0.25, 0.3) is 43.8 Å². The topological polar surface area (TPSA) is 8.81 Å². The van der Waals surface area contributed by atoms with Crippen LogP contribution in [0.4, 0.5) is 0 Å². The summed E-state index contributed by atoms with van der Waals surface area (Å²) in [6.45, 7) is 13.3. The molecular weight excluding hydrogens is 400 g/mol. The maximum Gasteiger partial charge on any atom is 0.220 e. The zero-order chi connectivity index (χ0) is 24.3. The highest BCUT2D eigenvalue weighted by atomic mass is 15.0. The van der Waals surface area contributed by atoms with Crippen LogP contribution in [0.3, 0.4) is 0 Å². The molecule has 0 amide bonds. The van der Waals surface area contributed by atoms with Crippen molar-refractivity contribution in [1.82, 2.24) is 4.57 Å². The van der Waals surface area contributed by atoms with Gasteiger partial charge in [-0.2, -0.15) is 4.57 Å². The van der Waals surface area contributed by atoms with Gasteiger partial charge < -0.3 is 4.57 Å². The standard InChI is InChI=1S/C31H35N2/c1-19(2)14-23-12-13-25-24(17-23)16-22(6)32(7)31(25)27-18-30-28(15-21(27)5)26-10-8-9-11-29(26)33(30)20(3)4/h8-13,15-20H,14H2,1-7H3/q+1/i16D. The van der Waals surface area contributed by atoms with E-state index in [2.05, 4.69) is 112 Å². The third-order valence-corrected chi connectivity index (χ3v) is 6.96. The first-order valence-electron chi connectivity index (χ1n) is 12.6. The molecular formula is C31H35N2+. The van der Waals surface area contributed by atoms with Gasteiger partial charge in [-0.1, -0.05) is 44.2 Å². The molecule has 0 N–H and O–H groups in total. The summed E-state index contributed by atoms with van der Waals surface area (Å²) in [6.07, 6.45) is 1.03. The molecule has 2 nitrogen and oxygen atoms in total.